The molecule has 0 aromatic heterocycles. The highest BCUT2D eigenvalue weighted by atomic mass is 16.5. The van der Waals surface area contributed by atoms with Crippen LogP contribution < -0.4 is 4.74 Å². The number of rotatable bonds is 6. The van der Waals surface area contributed by atoms with Gasteiger partial charge >= 0.3 is 0 Å². The van der Waals surface area contributed by atoms with Crippen LogP contribution in [-0.2, 0) is 17.6 Å². The third-order valence-corrected chi connectivity index (χ3v) is 4.20. The molecule has 0 N–H and O–H groups in total. The molecule has 0 radical (unpaired) electrons. The predicted octanol–water partition coefficient (Wildman–Crippen LogP) is 3.95. The van der Waals surface area contributed by atoms with Crippen molar-refractivity contribution in [3.05, 3.63) is 29.3 Å². The van der Waals surface area contributed by atoms with Crippen LogP contribution in [0.1, 0.15) is 50.2 Å². The van der Waals surface area contributed by atoms with E-state index in [2.05, 4.69) is 19.1 Å². The molecular formula is C17H24O2. The second kappa shape index (κ2) is 6.74. The third-order valence-electron chi connectivity index (χ3n) is 4.20. The molecule has 0 aliphatic heterocycles. The Hall–Kier alpha value is -1.31. The first-order valence-corrected chi connectivity index (χ1v) is 7.43. The second-order valence-electron chi connectivity index (χ2n) is 5.45. The molecule has 1 aliphatic carbocycles. The quantitative estimate of drug-likeness (QED) is 0.774. The van der Waals surface area contributed by atoms with Crippen molar-refractivity contribution in [2.45, 2.75) is 51.9 Å². The van der Waals surface area contributed by atoms with E-state index in [1.54, 1.807) is 7.11 Å². The van der Waals surface area contributed by atoms with Gasteiger partial charge in [0.2, 0.25) is 0 Å². The lowest BCUT2D eigenvalue weighted by Crippen LogP contribution is -2.11. The van der Waals surface area contributed by atoms with Gasteiger partial charge < -0.3 is 4.74 Å². The first-order valence-electron chi connectivity index (χ1n) is 7.43. The summed E-state index contributed by atoms with van der Waals surface area (Å²) in [6.45, 7) is 2.13. The van der Waals surface area contributed by atoms with Gasteiger partial charge in [-0.05, 0) is 42.9 Å². The van der Waals surface area contributed by atoms with Crippen LogP contribution in [0.2, 0.25) is 0 Å². The van der Waals surface area contributed by atoms with E-state index in [1.807, 2.05) is 6.07 Å². The van der Waals surface area contributed by atoms with Crippen molar-refractivity contribution in [2.24, 2.45) is 5.92 Å². The SMILES string of the molecule is CCc1cc(CCC(=O)C2CCCC2)ccc1OC. The maximum absolute atomic E-state index is 12.1. The zero-order chi connectivity index (χ0) is 13.7. The van der Waals surface area contributed by atoms with Crippen molar-refractivity contribution in [1.82, 2.24) is 0 Å². The van der Waals surface area contributed by atoms with Crippen molar-refractivity contribution >= 4 is 5.78 Å². The van der Waals surface area contributed by atoms with Gasteiger partial charge in [0.1, 0.15) is 11.5 Å². The van der Waals surface area contributed by atoms with Gasteiger partial charge in [-0.3, -0.25) is 4.79 Å². The van der Waals surface area contributed by atoms with Gasteiger partial charge in [-0.1, -0.05) is 31.9 Å². The standard InChI is InChI=1S/C17H24O2/c1-3-14-12-13(9-11-17(14)19-2)8-10-16(18)15-6-4-5-7-15/h9,11-12,15H,3-8,10H2,1-2H3. The Morgan fingerprint density at radius 1 is 1.32 bits per heavy atom. The number of Topliss-reactive ketones (excluding diaryl/α,β-unsaturated/α-hetero) is 1. The molecule has 19 heavy (non-hydrogen) atoms. The molecule has 2 nitrogen and oxygen atoms in total. The third kappa shape index (κ3) is 3.59. The number of aryl methyl sites for hydroxylation is 2. The second-order valence-corrected chi connectivity index (χ2v) is 5.45. The number of methoxy groups -OCH3 is 1. The van der Waals surface area contributed by atoms with E-state index >= 15 is 0 Å². The summed E-state index contributed by atoms with van der Waals surface area (Å²) in [5, 5.41) is 0. The fourth-order valence-corrected chi connectivity index (χ4v) is 2.98. The lowest BCUT2D eigenvalue weighted by atomic mass is 9.96. The molecular weight excluding hydrogens is 236 g/mol. The number of ether oxygens (including phenoxy) is 1. The summed E-state index contributed by atoms with van der Waals surface area (Å²) in [5.41, 5.74) is 2.48. The zero-order valence-corrected chi connectivity index (χ0v) is 12.1. The first-order chi connectivity index (χ1) is 9.24. The molecule has 0 spiro atoms. The van der Waals surface area contributed by atoms with Crippen LogP contribution in [-0.4, -0.2) is 12.9 Å². The van der Waals surface area contributed by atoms with Crippen LogP contribution in [0.5, 0.6) is 5.75 Å². The highest BCUT2D eigenvalue weighted by Gasteiger charge is 2.21. The highest BCUT2D eigenvalue weighted by molar-refractivity contribution is 5.81. The molecule has 104 valence electrons. The van der Waals surface area contributed by atoms with E-state index in [0.29, 0.717) is 18.1 Å². The van der Waals surface area contributed by atoms with Crippen molar-refractivity contribution in [2.75, 3.05) is 7.11 Å². The van der Waals surface area contributed by atoms with Crippen LogP contribution >= 0.6 is 0 Å². The average Bonchev–Trinajstić information content (AvgIpc) is 2.98. The Morgan fingerprint density at radius 3 is 2.68 bits per heavy atom. The Balaban J connectivity index is 1.93. The number of benzene rings is 1. The predicted molar refractivity (Wildman–Crippen MR) is 77.7 cm³/mol. The highest BCUT2D eigenvalue weighted by Crippen LogP contribution is 2.27. The summed E-state index contributed by atoms with van der Waals surface area (Å²) >= 11 is 0. The summed E-state index contributed by atoms with van der Waals surface area (Å²) < 4.78 is 5.33. The van der Waals surface area contributed by atoms with Crippen LogP contribution in [0.15, 0.2) is 18.2 Å². The maximum atomic E-state index is 12.1. The van der Waals surface area contributed by atoms with Crippen LogP contribution in [0.4, 0.5) is 0 Å². The minimum Gasteiger partial charge on any atom is -0.496 e. The Bertz CT molecular complexity index is 431. The Kier molecular flexibility index (Phi) is 5.00. The molecule has 2 heteroatoms. The van der Waals surface area contributed by atoms with E-state index in [4.69, 9.17) is 4.74 Å². The Morgan fingerprint density at radius 2 is 2.05 bits per heavy atom. The van der Waals surface area contributed by atoms with Gasteiger partial charge in [0, 0.05) is 12.3 Å². The average molecular weight is 260 g/mol. The molecule has 0 unspecified atom stereocenters. The van der Waals surface area contributed by atoms with Gasteiger partial charge in [-0.25, -0.2) is 0 Å². The van der Waals surface area contributed by atoms with Crippen molar-refractivity contribution < 1.29 is 9.53 Å². The minimum atomic E-state index is 0.351. The zero-order valence-electron chi connectivity index (χ0n) is 12.1. The van der Waals surface area contributed by atoms with Crippen molar-refractivity contribution in [3.8, 4) is 5.75 Å². The number of carbonyl (C=O) groups excluding carboxylic acids is 1. The van der Waals surface area contributed by atoms with E-state index in [-0.39, 0.29) is 0 Å². The van der Waals surface area contributed by atoms with E-state index < -0.39 is 0 Å². The summed E-state index contributed by atoms with van der Waals surface area (Å²) in [5.74, 6) is 1.77. The molecule has 0 saturated heterocycles. The summed E-state index contributed by atoms with van der Waals surface area (Å²) in [4.78, 5) is 12.1. The normalized spacial score (nSPS) is 15.7. The van der Waals surface area contributed by atoms with E-state index in [0.717, 1.165) is 31.4 Å². The van der Waals surface area contributed by atoms with Gasteiger partial charge in [-0.15, -0.1) is 0 Å². The van der Waals surface area contributed by atoms with Crippen molar-refractivity contribution in [3.63, 3.8) is 0 Å². The minimum absolute atomic E-state index is 0.351. The van der Waals surface area contributed by atoms with Crippen LogP contribution in [0.25, 0.3) is 0 Å². The molecule has 1 saturated carbocycles. The molecule has 2 rings (SSSR count). The molecule has 1 fully saturated rings. The summed E-state index contributed by atoms with van der Waals surface area (Å²) in [6.07, 6.45) is 7.22. The molecule has 0 bridgehead atoms. The molecule has 1 aromatic rings. The molecule has 0 atom stereocenters. The Labute approximate surface area is 116 Å². The maximum Gasteiger partial charge on any atom is 0.136 e. The molecule has 1 aromatic carbocycles. The largest absolute Gasteiger partial charge is 0.496 e. The number of ketones is 1. The molecule has 0 amide bonds. The van der Waals surface area contributed by atoms with Crippen LogP contribution in [0, 0.1) is 5.92 Å². The van der Waals surface area contributed by atoms with E-state index in [9.17, 15) is 4.79 Å². The smallest absolute Gasteiger partial charge is 0.136 e. The van der Waals surface area contributed by atoms with Gasteiger partial charge in [0.05, 0.1) is 7.11 Å². The number of carbonyl (C=O) groups is 1. The summed E-state index contributed by atoms with van der Waals surface area (Å²) in [7, 11) is 1.71. The molecule has 1 aliphatic rings. The van der Waals surface area contributed by atoms with Crippen LogP contribution in [0.3, 0.4) is 0 Å². The lowest BCUT2D eigenvalue weighted by molar-refractivity contribution is -0.122. The summed E-state index contributed by atoms with van der Waals surface area (Å²) in [6, 6.07) is 6.29. The van der Waals surface area contributed by atoms with Crippen molar-refractivity contribution in [1.29, 1.82) is 0 Å². The van der Waals surface area contributed by atoms with E-state index in [1.165, 1.54) is 24.0 Å². The van der Waals surface area contributed by atoms with Gasteiger partial charge in [-0.2, -0.15) is 0 Å². The fraction of sp³-hybridized carbons (Fsp3) is 0.588. The monoisotopic (exact) mass is 260 g/mol. The number of hydrogen-bond acceptors (Lipinski definition) is 2. The number of hydrogen-bond donors (Lipinski definition) is 0. The first kappa shape index (κ1) is 14.1. The topological polar surface area (TPSA) is 26.3 Å². The lowest BCUT2D eigenvalue weighted by Gasteiger charge is -2.10. The molecule has 0 heterocycles. The fourth-order valence-electron chi connectivity index (χ4n) is 2.98. The van der Waals surface area contributed by atoms with Gasteiger partial charge in [0.25, 0.3) is 0 Å². The van der Waals surface area contributed by atoms with Gasteiger partial charge in [0.15, 0.2) is 0 Å².